The Morgan fingerprint density at radius 1 is 1.04 bits per heavy atom. The van der Waals surface area contributed by atoms with Crippen molar-refractivity contribution < 1.29 is 4.79 Å². The summed E-state index contributed by atoms with van der Waals surface area (Å²) in [5.41, 5.74) is 4.82. The summed E-state index contributed by atoms with van der Waals surface area (Å²) in [7, 11) is 0. The van der Waals surface area contributed by atoms with Gasteiger partial charge in [0.1, 0.15) is 5.65 Å². The summed E-state index contributed by atoms with van der Waals surface area (Å²) in [4.78, 5) is 21.0. The van der Waals surface area contributed by atoms with Gasteiger partial charge in [-0.1, -0.05) is 30.3 Å². The van der Waals surface area contributed by atoms with Crippen LogP contribution in [0.4, 0.5) is 0 Å². The Bertz CT molecular complexity index is 1100. The molecule has 1 amide bonds. The fourth-order valence-electron chi connectivity index (χ4n) is 3.47. The molecule has 0 saturated carbocycles. The molecule has 1 aliphatic heterocycles. The molecule has 128 valence electrons. The van der Waals surface area contributed by atoms with E-state index < -0.39 is 0 Å². The van der Waals surface area contributed by atoms with E-state index in [4.69, 9.17) is 0 Å². The first-order valence-electron chi connectivity index (χ1n) is 8.67. The van der Waals surface area contributed by atoms with Crippen LogP contribution in [0.1, 0.15) is 20.8 Å². The van der Waals surface area contributed by atoms with Gasteiger partial charge in [0, 0.05) is 35.9 Å². The van der Waals surface area contributed by atoms with E-state index in [0.717, 1.165) is 29.9 Å². The zero-order valence-electron chi connectivity index (χ0n) is 14.1. The highest BCUT2D eigenvalue weighted by Crippen LogP contribution is 2.25. The molecule has 0 fully saturated rings. The van der Waals surface area contributed by atoms with Gasteiger partial charge in [0.25, 0.3) is 5.91 Å². The van der Waals surface area contributed by atoms with Crippen LogP contribution in [0.25, 0.3) is 16.9 Å². The van der Waals surface area contributed by atoms with Gasteiger partial charge < -0.3 is 9.30 Å². The number of hydrogen-bond acceptors (Lipinski definition) is 3. The molecule has 0 spiro atoms. The summed E-state index contributed by atoms with van der Waals surface area (Å²) in [6.45, 7) is 1.48. The summed E-state index contributed by atoms with van der Waals surface area (Å²) in [6, 6.07) is 16.0. The highest BCUT2D eigenvalue weighted by molar-refractivity contribution is 7.10. The lowest BCUT2D eigenvalue weighted by molar-refractivity contribution is 0.0735. The minimum atomic E-state index is 0.0821. The van der Waals surface area contributed by atoms with Gasteiger partial charge in [0.05, 0.1) is 11.3 Å². The lowest BCUT2D eigenvalue weighted by atomic mass is 10.1. The molecule has 0 radical (unpaired) electrons. The first-order chi connectivity index (χ1) is 12.8. The Labute approximate surface area is 155 Å². The summed E-state index contributed by atoms with van der Waals surface area (Å²) in [5, 5.41) is 2.11. The number of carbonyl (C=O) groups is 1. The van der Waals surface area contributed by atoms with Gasteiger partial charge in [0.15, 0.2) is 0 Å². The Balaban J connectivity index is 1.45. The van der Waals surface area contributed by atoms with Crippen molar-refractivity contribution in [1.82, 2.24) is 14.3 Å². The SMILES string of the molecule is O=C(c1ccc2nc(-c3ccccc3)cn2c1)N1CCc2sccc2C1. The molecule has 0 N–H and O–H groups in total. The van der Waals surface area contributed by atoms with Gasteiger partial charge in [-0.15, -0.1) is 11.3 Å². The van der Waals surface area contributed by atoms with Crippen molar-refractivity contribution >= 4 is 22.9 Å². The summed E-state index contributed by atoms with van der Waals surface area (Å²) in [6.07, 6.45) is 4.82. The Morgan fingerprint density at radius 2 is 1.92 bits per heavy atom. The van der Waals surface area contributed by atoms with E-state index >= 15 is 0 Å². The van der Waals surface area contributed by atoms with E-state index in [1.807, 2.05) is 64.2 Å². The topological polar surface area (TPSA) is 37.6 Å². The molecule has 4 heterocycles. The number of carbonyl (C=O) groups excluding carboxylic acids is 1. The van der Waals surface area contributed by atoms with Crippen molar-refractivity contribution in [2.75, 3.05) is 6.54 Å². The number of imidazole rings is 1. The van der Waals surface area contributed by atoms with E-state index in [1.54, 1.807) is 11.3 Å². The van der Waals surface area contributed by atoms with Gasteiger partial charge in [-0.25, -0.2) is 4.98 Å². The van der Waals surface area contributed by atoms with E-state index in [9.17, 15) is 4.79 Å². The molecule has 1 aromatic carbocycles. The number of thiophene rings is 1. The van der Waals surface area contributed by atoms with Crippen LogP contribution in [0.15, 0.2) is 66.3 Å². The van der Waals surface area contributed by atoms with Crippen molar-refractivity contribution in [2.45, 2.75) is 13.0 Å². The predicted octanol–water partition coefficient (Wildman–Crippen LogP) is 4.26. The molecule has 5 heteroatoms. The smallest absolute Gasteiger partial charge is 0.255 e. The molecule has 4 nitrogen and oxygen atoms in total. The van der Waals surface area contributed by atoms with E-state index in [0.29, 0.717) is 12.1 Å². The van der Waals surface area contributed by atoms with Crippen LogP contribution >= 0.6 is 11.3 Å². The third kappa shape index (κ3) is 2.61. The lowest BCUT2D eigenvalue weighted by Gasteiger charge is -2.27. The van der Waals surface area contributed by atoms with Gasteiger partial charge in [-0.2, -0.15) is 0 Å². The molecule has 3 aromatic heterocycles. The molecular formula is C21H17N3OS. The molecule has 1 aliphatic rings. The Kier molecular flexibility index (Phi) is 3.60. The molecule has 0 aliphatic carbocycles. The standard InChI is InChI=1S/C21H17N3OS/c25-21(23-10-8-19-16(12-23)9-11-26-19)17-6-7-20-22-18(14-24(20)13-17)15-4-2-1-3-5-15/h1-7,9,11,13-14H,8,10,12H2. The van der Waals surface area contributed by atoms with Crippen molar-refractivity contribution in [3.63, 3.8) is 0 Å². The average Bonchev–Trinajstić information content (AvgIpc) is 3.33. The first-order valence-corrected chi connectivity index (χ1v) is 9.54. The molecule has 4 aromatic rings. The predicted molar refractivity (Wildman–Crippen MR) is 103 cm³/mol. The van der Waals surface area contributed by atoms with Gasteiger partial charge >= 0.3 is 0 Å². The number of pyridine rings is 1. The van der Waals surface area contributed by atoms with Crippen LogP contribution in [0, 0.1) is 0 Å². The number of fused-ring (bicyclic) bond motifs is 2. The minimum Gasteiger partial charge on any atom is -0.334 e. The van der Waals surface area contributed by atoms with Gasteiger partial charge in [0.2, 0.25) is 0 Å². The molecular weight excluding hydrogens is 342 g/mol. The quantitative estimate of drug-likeness (QED) is 0.536. The largest absolute Gasteiger partial charge is 0.334 e. The second-order valence-electron chi connectivity index (χ2n) is 6.52. The van der Waals surface area contributed by atoms with Gasteiger partial charge in [-0.05, 0) is 35.6 Å². The molecule has 0 saturated heterocycles. The third-order valence-corrected chi connectivity index (χ3v) is 5.89. The minimum absolute atomic E-state index is 0.0821. The van der Waals surface area contributed by atoms with E-state index in [1.165, 1.54) is 10.4 Å². The molecule has 0 atom stereocenters. The summed E-state index contributed by atoms with van der Waals surface area (Å²) >= 11 is 1.79. The van der Waals surface area contributed by atoms with Crippen LogP contribution in [0.5, 0.6) is 0 Å². The van der Waals surface area contributed by atoms with Crippen LogP contribution in [-0.2, 0) is 13.0 Å². The number of rotatable bonds is 2. The fourth-order valence-corrected chi connectivity index (χ4v) is 4.36. The monoisotopic (exact) mass is 359 g/mol. The van der Waals surface area contributed by atoms with Crippen LogP contribution in [0.3, 0.4) is 0 Å². The number of amides is 1. The maximum atomic E-state index is 12.9. The van der Waals surface area contributed by atoms with Crippen molar-refractivity contribution in [2.24, 2.45) is 0 Å². The molecule has 5 rings (SSSR count). The average molecular weight is 359 g/mol. The van der Waals surface area contributed by atoms with E-state index in [-0.39, 0.29) is 5.91 Å². The van der Waals surface area contributed by atoms with Gasteiger partial charge in [-0.3, -0.25) is 4.79 Å². The zero-order chi connectivity index (χ0) is 17.5. The molecule has 0 unspecified atom stereocenters. The van der Waals surface area contributed by atoms with Crippen molar-refractivity contribution in [3.8, 4) is 11.3 Å². The first kappa shape index (κ1) is 15.3. The van der Waals surface area contributed by atoms with Crippen LogP contribution in [-0.4, -0.2) is 26.7 Å². The summed E-state index contributed by atoms with van der Waals surface area (Å²) in [5.74, 6) is 0.0821. The number of aromatic nitrogens is 2. The molecule has 0 bridgehead atoms. The van der Waals surface area contributed by atoms with Crippen LogP contribution < -0.4 is 0 Å². The highest BCUT2D eigenvalue weighted by Gasteiger charge is 2.22. The summed E-state index contributed by atoms with van der Waals surface area (Å²) < 4.78 is 1.94. The van der Waals surface area contributed by atoms with Crippen molar-refractivity contribution in [3.05, 3.63) is 82.3 Å². The molecule has 26 heavy (non-hydrogen) atoms. The third-order valence-electron chi connectivity index (χ3n) is 4.86. The number of hydrogen-bond donors (Lipinski definition) is 0. The Morgan fingerprint density at radius 3 is 2.81 bits per heavy atom. The normalized spacial score (nSPS) is 13.8. The number of nitrogens with zero attached hydrogens (tertiary/aromatic N) is 3. The maximum Gasteiger partial charge on any atom is 0.255 e. The second kappa shape index (κ2) is 6.11. The fraction of sp³-hybridized carbons (Fsp3) is 0.143. The zero-order valence-corrected chi connectivity index (χ0v) is 14.9. The van der Waals surface area contributed by atoms with Crippen molar-refractivity contribution in [1.29, 1.82) is 0 Å². The van der Waals surface area contributed by atoms with Crippen LogP contribution in [0.2, 0.25) is 0 Å². The van der Waals surface area contributed by atoms with E-state index in [2.05, 4.69) is 16.4 Å². The Hall–Kier alpha value is -2.92. The maximum absolute atomic E-state index is 12.9. The second-order valence-corrected chi connectivity index (χ2v) is 7.52. The number of benzene rings is 1. The highest BCUT2D eigenvalue weighted by atomic mass is 32.1. The lowest BCUT2D eigenvalue weighted by Crippen LogP contribution is -2.35.